The molecule has 1 aromatic carbocycles. The van der Waals surface area contributed by atoms with Crippen LogP contribution in [-0.4, -0.2) is 30.1 Å². The number of piperidine rings is 1. The van der Waals surface area contributed by atoms with Crippen LogP contribution >= 0.6 is 0 Å². The molecule has 1 aliphatic heterocycles. The molecule has 0 bridgehead atoms. The molecule has 2 heteroatoms. The summed E-state index contributed by atoms with van der Waals surface area (Å²) in [6, 6.07) is 7.78. The van der Waals surface area contributed by atoms with Gasteiger partial charge in [-0.2, -0.15) is 0 Å². The van der Waals surface area contributed by atoms with Crippen molar-refractivity contribution in [1.82, 2.24) is 4.90 Å². The molecule has 2 fully saturated rings. The average Bonchev–Trinajstić information content (AvgIpc) is 2.60. The standard InChI is InChI=1S/C13H17NO/c1-13(9-4-3-5-10(15)6-9)11-7-14(2)8-12(11)13/h3-6,11-12,15H,7-8H2,1-2H3/t11-,12+,13?. The lowest BCUT2D eigenvalue weighted by atomic mass is 9.92. The van der Waals surface area contributed by atoms with Crippen molar-refractivity contribution < 1.29 is 5.11 Å². The summed E-state index contributed by atoms with van der Waals surface area (Å²) in [5.74, 6) is 1.99. The number of fused-ring (bicyclic) bond motifs is 1. The molecular formula is C13H17NO. The zero-order valence-electron chi connectivity index (χ0n) is 9.27. The summed E-state index contributed by atoms with van der Waals surface area (Å²) in [6.45, 7) is 4.75. The van der Waals surface area contributed by atoms with Crippen molar-refractivity contribution in [2.75, 3.05) is 20.1 Å². The molecule has 1 unspecified atom stereocenters. The largest absolute Gasteiger partial charge is 0.508 e. The van der Waals surface area contributed by atoms with Gasteiger partial charge in [0, 0.05) is 18.5 Å². The van der Waals surface area contributed by atoms with E-state index in [2.05, 4.69) is 24.9 Å². The van der Waals surface area contributed by atoms with Crippen molar-refractivity contribution in [1.29, 1.82) is 0 Å². The van der Waals surface area contributed by atoms with Crippen LogP contribution in [0.4, 0.5) is 0 Å². The monoisotopic (exact) mass is 203 g/mol. The summed E-state index contributed by atoms with van der Waals surface area (Å²) in [6.07, 6.45) is 0. The van der Waals surface area contributed by atoms with Crippen molar-refractivity contribution >= 4 is 0 Å². The number of aromatic hydroxyl groups is 1. The number of hydrogen-bond acceptors (Lipinski definition) is 2. The van der Waals surface area contributed by atoms with Crippen LogP contribution in [-0.2, 0) is 5.41 Å². The highest BCUT2D eigenvalue weighted by atomic mass is 16.3. The maximum Gasteiger partial charge on any atom is 0.115 e. The van der Waals surface area contributed by atoms with E-state index in [0.29, 0.717) is 11.2 Å². The minimum Gasteiger partial charge on any atom is -0.508 e. The van der Waals surface area contributed by atoms with Crippen LogP contribution in [0, 0.1) is 11.8 Å². The number of benzene rings is 1. The van der Waals surface area contributed by atoms with Crippen LogP contribution in [0.15, 0.2) is 24.3 Å². The predicted octanol–water partition coefficient (Wildman–Crippen LogP) is 1.84. The molecule has 0 amide bonds. The fourth-order valence-electron chi connectivity index (χ4n) is 3.35. The Labute approximate surface area is 90.5 Å². The molecule has 1 saturated carbocycles. The van der Waals surface area contributed by atoms with Gasteiger partial charge < -0.3 is 10.0 Å². The van der Waals surface area contributed by atoms with E-state index in [1.807, 2.05) is 12.1 Å². The smallest absolute Gasteiger partial charge is 0.115 e. The Morgan fingerprint density at radius 2 is 2.00 bits per heavy atom. The second-order valence-electron chi connectivity index (χ2n) is 5.27. The second kappa shape index (κ2) is 2.76. The molecule has 1 saturated heterocycles. The van der Waals surface area contributed by atoms with Crippen LogP contribution in [0.3, 0.4) is 0 Å². The normalized spacial score (nSPS) is 39.1. The van der Waals surface area contributed by atoms with E-state index in [4.69, 9.17) is 0 Å². The first-order chi connectivity index (χ1) is 7.12. The quantitative estimate of drug-likeness (QED) is 0.753. The summed E-state index contributed by atoms with van der Waals surface area (Å²) in [4.78, 5) is 2.40. The highest BCUT2D eigenvalue weighted by Gasteiger charge is 2.64. The zero-order chi connectivity index (χ0) is 10.6. The second-order valence-corrected chi connectivity index (χ2v) is 5.27. The Hall–Kier alpha value is -1.02. The van der Waals surface area contributed by atoms with Crippen LogP contribution in [0.1, 0.15) is 12.5 Å². The number of phenols is 1. The molecular weight excluding hydrogens is 186 g/mol. The highest BCUT2D eigenvalue weighted by molar-refractivity contribution is 5.41. The van der Waals surface area contributed by atoms with Gasteiger partial charge in [-0.25, -0.2) is 0 Å². The van der Waals surface area contributed by atoms with Crippen molar-refractivity contribution in [3.05, 3.63) is 29.8 Å². The number of hydrogen-bond donors (Lipinski definition) is 1. The van der Waals surface area contributed by atoms with Gasteiger partial charge in [0.2, 0.25) is 0 Å². The highest BCUT2D eigenvalue weighted by Crippen LogP contribution is 2.63. The Morgan fingerprint density at radius 1 is 1.33 bits per heavy atom. The fourth-order valence-corrected chi connectivity index (χ4v) is 3.35. The Morgan fingerprint density at radius 3 is 2.60 bits per heavy atom. The maximum absolute atomic E-state index is 9.51. The molecule has 0 spiro atoms. The van der Waals surface area contributed by atoms with Gasteiger partial charge in [0.05, 0.1) is 0 Å². The molecule has 1 aromatic rings. The number of likely N-dealkylation sites (tertiary alicyclic amines) is 1. The molecule has 1 N–H and O–H groups in total. The molecule has 80 valence electrons. The lowest BCUT2D eigenvalue weighted by molar-refractivity contribution is 0.332. The van der Waals surface area contributed by atoms with E-state index in [1.165, 1.54) is 18.7 Å². The van der Waals surface area contributed by atoms with Gasteiger partial charge in [-0.1, -0.05) is 19.1 Å². The first-order valence-electron chi connectivity index (χ1n) is 5.60. The Balaban J connectivity index is 1.91. The lowest BCUT2D eigenvalue weighted by Gasteiger charge is -2.21. The van der Waals surface area contributed by atoms with Gasteiger partial charge in [0.15, 0.2) is 0 Å². The number of nitrogens with zero attached hydrogens (tertiary/aromatic N) is 1. The summed E-state index contributed by atoms with van der Waals surface area (Å²) in [7, 11) is 2.19. The maximum atomic E-state index is 9.51. The topological polar surface area (TPSA) is 23.5 Å². The lowest BCUT2D eigenvalue weighted by Crippen LogP contribution is -2.25. The Kier molecular flexibility index (Phi) is 1.70. The summed E-state index contributed by atoms with van der Waals surface area (Å²) >= 11 is 0. The van der Waals surface area contributed by atoms with Crippen LogP contribution in [0.5, 0.6) is 5.75 Å². The van der Waals surface area contributed by atoms with Crippen LogP contribution < -0.4 is 0 Å². The van der Waals surface area contributed by atoms with Gasteiger partial charge in [-0.05, 0) is 36.6 Å². The van der Waals surface area contributed by atoms with Gasteiger partial charge in [-0.15, -0.1) is 0 Å². The number of rotatable bonds is 1. The van der Waals surface area contributed by atoms with E-state index in [-0.39, 0.29) is 0 Å². The molecule has 15 heavy (non-hydrogen) atoms. The van der Waals surface area contributed by atoms with Crippen molar-refractivity contribution in [2.24, 2.45) is 11.8 Å². The van der Waals surface area contributed by atoms with Crippen LogP contribution in [0.2, 0.25) is 0 Å². The minimum absolute atomic E-state index is 0.325. The van der Waals surface area contributed by atoms with Gasteiger partial charge in [0.25, 0.3) is 0 Å². The molecule has 1 aliphatic carbocycles. The zero-order valence-corrected chi connectivity index (χ0v) is 9.27. The average molecular weight is 203 g/mol. The third-order valence-corrected chi connectivity index (χ3v) is 4.40. The van der Waals surface area contributed by atoms with Gasteiger partial charge >= 0.3 is 0 Å². The van der Waals surface area contributed by atoms with E-state index >= 15 is 0 Å². The summed E-state index contributed by atoms with van der Waals surface area (Å²) in [5, 5.41) is 9.51. The molecule has 2 aliphatic rings. The molecule has 0 radical (unpaired) electrons. The Bertz CT molecular complexity index is 389. The van der Waals surface area contributed by atoms with Gasteiger partial charge in [0.1, 0.15) is 5.75 Å². The van der Waals surface area contributed by atoms with Gasteiger partial charge in [-0.3, -0.25) is 0 Å². The fraction of sp³-hybridized carbons (Fsp3) is 0.538. The predicted molar refractivity (Wildman–Crippen MR) is 59.9 cm³/mol. The third kappa shape index (κ3) is 1.14. The third-order valence-electron chi connectivity index (χ3n) is 4.40. The molecule has 3 rings (SSSR count). The van der Waals surface area contributed by atoms with Crippen molar-refractivity contribution in [3.63, 3.8) is 0 Å². The van der Waals surface area contributed by atoms with E-state index < -0.39 is 0 Å². The number of phenolic OH excluding ortho intramolecular Hbond substituents is 1. The van der Waals surface area contributed by atoms with Crippen molar-refractivity contribution in [3.8, 4) is 5.75 Å². The van der Waals surface area contributed by atoms with Crippen LogP contribution in [0.25, 0.3) is 0 Å². The van der Waals surface area contributed by atoms with E-state index in [0.717, 1.165) is 11.8 Å². The molecule has 2 nitrogen and oxygen atoms in total. The SMILES string of the molecule is CN1C[C@@H]2[C@H](C1)C2(C)c1cccc(O)c1. The summed E-state index contributed by atoms with van der Waals surface area (Å²) in [5.41, 5.74) is 1.64. The molecule has 1 heterocycles. The minimum atomic E-state index is 0.325. The first kappa shape index (κ1) is 9.22. The molecule has 3 atom stereocenters. The molecule has 0 aromatic heterocycles. The van der Waals surface area contributed by atoms with E-state index in [9.17, 15) is 5.11 Å². The van der Waals surface area contributed by atoms with E-state index in [1.54, 1.807) is 6.07 Å². The van der Waals surface area contributed by atoms with Crippen molar-refractivity contribution in [2.45, 2.75) is 12.3 Å². The first-order valence-corrected chi connectivity index (χ1v) is 5.60. The summed E-state index contributed by atoms with van der Waals surface area (Å²) < 4.78 is 0.